The average Bonchev–Trinajstić information content (AvgIpc) is 3.07. The molecule has 0 spiro atoms. The van der Waals surface area contributed by atoms with Crippen molar-refractivity contribution in [2.45, 2.75) is 27.0 Å². The van der Waals surface area contributed by atoms with E-state index in [9.17, 15) is 18.8 Å². The number of carbonyl (C=O) groups is 3. The van der Waals surface area contributed by atoms with Gasteiger partial charge in [0.15, 0.2) is 0 Å². The van der Waals surface area contributed by atoms with Crippen molar-refractivity contribution in [3.05, 3.63) is 59.4 Å². The second kappa shape index (κ2) is 8.09. The minimum atomic E-state index is -0.915. The molecule has 1 amide bonds. The van der Waals surface area contributed by atoms with E-state index in [0.29, 0.717) is 5.56 Å². The van der Waals surface area contributed by atoms with Gasteiger partial charge in [-0.05, 0) is 24.3 Å². The van der Waals surface area contributed by atoms with E-state index in [-0.39, 0.29) is 23.0 Å². The summed E-state index contributed by atoms with van der Waals surface area (Å²) < 4.78 is 29.3. The topological polar surface area (TPSA) is 94.5 Å². The van der Waals surface area contributed by atoms with Crippen molar-refractivity contribution >= 4 is 23.7 Å². The van der Waals surface area contributed by atoms with Crippen molar-refractivity contribution in [3.8, 4) is 11.5 Å². The van der Waals surface area contributed by atoms with Crippen molar-refractivity contribution in [1.29, 1.82) is 0 Å². The largest absolute Gasteiger partial charge is 0.446 e. The predicted octanol–water partition coefficient (Wildman–Crippen LogP) is 2.92. The molecule has 0 unspecified atom stereocenters. The number of ether oxygens (including phenoxy) is 3. The Morgan fingerprint density at radius 2 is 1.66 bits per heavy atom. The number of halogens is 1. The summed E-state index contributed by atoms with van der Waals surface area (Å²) in [7, 11) is 0. The predicted molar refractivity (Wildman–Crippen MR) is 98.3 cm³/mol. The van der Waals surface area contributed by atoms with Crippen LogP contribution in [0.15, 0.2) is 47.6 Å². The van der Waals surface area contributed by atoms with Crippen LogP contribution in [0.3, 0.4) is 0 Å². The number of carbonyl (C=O) groups excluding carboxylic acids is 3. The van der Waals surface area contributed by atoms with E-state index in [1.807, 2.05) is 0 Å². The van der Waals surface area contributed by atoms with Crippen LogP contribution in [0.5, 0.6) is 11.5 Å². The zero-order chi connectivity index (χ0) is 21.1. The van der Waals surface area contributed by atoms with E-state index in [1.165, 1.54) is 63.2 Å². The molecule has 1 aliphatic heterocycles. The van der Waals surface area contributed by atoms with Gasteiger partial charge >= 0.3 is 11.9 Å². The van der Waals surface area contributed by atoms with Gasteiger partial charge in [0.05, 0.1) is 5.56 Å². The lowest BCUT2D eigenvalue weighted by Gasteiger charge is -2.19. The zero-order valence-electron chi connectivity index (χ0n) is 15.8. The quantitative estimate of drug-likeness (QED) is 0.579. The number of hydrogen-bond donors (Lipinski definition) is 0. The normalized spacial score (nSPS) is 15.4. The molecule has 1 atom stereocenters. The maximum absolute atomic E-state index is 13.2. The van der Waals surface area contributed by atoms with E-state index in [4.69, 9.17) is 14.2 Å². The van der Waals surface area contributed by atoms with Crippen LogP contribution in [0.1, 0.15) is 38.1 Å². The van der Waals surface area contributed by atoms with Crippen molar-refractivity contribution in [2.24, 2.45) is 5.10 Å². The number of esters is 2. The molecule has 0 radical (unpaired) electrons. The first kappa shape index (κ1) is 20.0. The van der Waals surface area contributed by atoms with Gasteiger partial charge in [0, 0.05) is 32.4 Å². The van der Waals surface area contributed by atoms with Crippen molar-refractivity contribution in [3.63, 3.8) is 0 Å². The third kappa shape index (κ3) is 4.57. The molecule has 0 N–H and O–H groups in total. The highest BCUT2D eigenvalue weighted by Crippen LogP contribution is 2.34. The highest BCUT2D eigenvalue weighted by atomic mass is 19.1. The van der Waals surface area contributed by atoms with Gasteiger partial charge < -0.3 is 14.2 Å². The molecule has 9 heteroatoms. The molecule has 1 heterocycles. The number of hydrazone groups is 1. The fourth-order valence-electron chi connectivity index (χ4n) is 2.67. The monoisotopic (exact) mass is 400 g/mol. The summed E-state index contributed by atoms with van der Waals surface area (Å²) >= 11 is 0. The molecule has 0 aliphatic carbocycles. The lowest BCUT2D eigenvalue weighted by Crippen LogP contribution is -2.25. The van der Waals surface area contributed by atoms with Crippen molar-refractivity contribution in [2.75, 3.05) is 0 Å². The molecular formula is C20H17FN2O6. The molecule has 0 fully saturated rings. The van der Waals surface area contributed by atoms with Gasteiger partial charge in [-0.15, -0.1) is 5.10 Å². The summed E-state index contributed by atoms with van der Waals surface area (Å²) in [6.45, 7) is 3.76. The minimum absolute atomic E-state index is 0.0140. The zero-order valence-corrected chi connectivity index (χ0v) is 15.8. The Morgan fingerprint density at radius 3 is 2.24 bits per heavy atom. The summed E-state index contributed by atoms with van der Waals surface area (Å²) in [5.41, 5.74) is 0.776. The molecule has 150 valence electrons. The number of amides is 1. The minimum Gasteiger partial charge on any atom is -0.446 e. The Bertz CT molecular complexity index is 1000. The van der Waals surface area contributed by atoms with Gasteiger partial charge in [0.2, 0.25) is 18.0 Å². The molecule has 1 aliphatic rings. The van der Waals surface area contributed by atoms with Crippen LogP contribution in [0.2, 0.25) is 0 Å². The number of benzene rings is 2. The van der Waals surface area contributed by atoms with Crippen LogP contribution in [0.4, 0.5) is 4.39 Å². The highest BCUT2D eigenvalue weighted by molar-refractivity contribution is 5.99. The Balaban J connectivity index is 1.99. The molecule has 0 saturated heterocycles. The highest BCUT2D eigenvalue weighted by Gasteiger charge is 2.34. The molecule has 2 aromatic carbocycles. The molecule has 0 saturated carbocycles. The van der Waals surface area contributed by atoms with Crippen molar-refractivity contribution in [1.82, 2.24) is 5.01 Å². The average molecular weight is 400 g/mol. The summed E-state index contributed by atoms with van der Waals surface area (Å²) in [6, 6.07) is 9.74. The summed E-state index contributed by atoms with van der Waals surface area (Å²) in [5.74, 6) is -1.77. The lowest BCUT2D eigenvalue weighted by atomic mass is 10.1. The standard InChI is InChI=1S/C20H17FN2O6/c1-11(24)23-20(14-4-6-15(21)7-5-14)29-19(22-23)17-9-8-16(27-12(2)25)10-18(17)28-13(3)26/h4-10,20H,1-3H3/t20-/m1/s1. The molecular weight excluding hydrogens is 383 g/mol. The third-order valence-corrected chi connectivity index (χ3v) is 3.82. The number of nitrogens with zero attached hydrogens (tertiary/aromatic N) is 2. The van der Waals surface area contributed by atoms with Gasteiger partial charge in [-0.25, -0.2) is 4.39 Å². The molecule has 29 heavy (non-hydrogen) atoms. The fourth-order valence-corrected chi connectivity index (χ4v) is 2.67. The lowest BCUT2D eigenvalue weighted by molar-refractivity contribution is -0.135. The second-order valence-corrected chi connectivity index (χ2v) is 6.14. The number of hydrogen-bond acceptors (Lipinski definition) is 7. The fraction of sp³-hybridized carbons (Fsp3) is 0.200. The van der Waals surface area contributed by atoms with Crippen LogP contribution >= 0.6 is 0 Å². The van der Waals surface area contributed by atoms with Gasteiger partial charge in [-0.3, -0.25) is 14.4 Å². The number of rotatable bonds is 4. The van der Waals surface area contributed by atoms with Crippen LogP contribution in [-0.2, 0) is 19.1 Å². The molecule has 2 aromatic rings. The smallest absolute Gasteiger partial charge is 0.308 e. The van der Waals surface area contributed by atoms with Gasteiger partial charge in [0.25, 0.3) is 0 Å². The van der Waals surface area contributed by atoms with E-state index in [0.717, 1.165) is 5.01 Å². The van der Waals surface area contributed by atoms with E-state index >= 15 is 0 Å². The first-order chi connectivity index (χ1) is 13.7. The Labute approximate surface area is 165 Å². The second-order valence-electron chi connectivity index (χ2n) is 6.14. The molecule has 0 bridgehead atoms. The summed E-state index contributed by atoms with van der Waals surface area (Å²) in [6.07, 6.45) is -0.915. The molecule has 0 aromatic heterocycles. The van der Waals surface area contributed by atoms with Crippen LogP contribution in [-0.4, -0.2) is 28.8 Å². The summed E-state index contributed by atoms with van der Waals surface area (Å²) in [5, 5.41) is 5.28. The maximum atomic E-state index is 13.2. The first-order valence-corrected chi connectivity index (χ1v) is 8.56. The van der Waals surface area contributed by atoms with Gasteiger partial charge in [-0.2, -0.15) is 5.01 Å². The van der Waals surface area contributed by atoms with Gasteiger partial charge in [0.1, 0.15) is 17.3 Å². The first-order valence-electron chi connectivity index (χ1n) is 8.56. The molecule has 3 rings (SSSR count). The van der Waals surface area contributed by atoms with Crippen LogP contribution in [0.25, 0.3) is 0 Å². The summed E-state index contributed by atoms with van der Waals surface area (Å²) in [4.78, 5) is 34.7. The van der Waals surface area contributed by atoms with E-state index in [1.54, 1.807) is 0 Å². The SMILES string of the molecule is CC(=O)Oc1ccc(C2=NN(C(C)=O)[C@@H](c3ccc(F)cc3)O2)c(OC(C)=O)c1. The van der Waals surface area contributed by atoms with Crippen LogP contribution < -0.4 is 9.47 Å². The van der Waals surface area contributed by atoms with Gasteiger partial charge in [-0.1, -0.05) is 12.1 Å². The molecule has 8 nitrogen and oxygen atoms in total. The van der Waals surface area contributed by atoms with Crippen molar-refractivity contribution < 1.29 is 33.0 Å². The third-order valence-electron chi connectivity index (χ3n) is 3.82. The van der Waals surface area contributed by atoms with E-state index < -0.39 is 29.9 Å². The van der Waals surface area contributed by atoms with E-state index in [2.05, 4.69) is 5.10 Å². The Morgan fingerprint density at radius 1 is 1.00 bits per heavy atom. The maximum Gasteiger partial charge on any atom is 0.308 e. The van der Waals surface area contributed by atoms with Crippen LogP contribution in [0, 0.1) is 5.82 Å². The Kier molecular flexibility index (Phi) is 5.58. The Hall–Kier alpha value is -3.75.